The van der Waals surface area contributed by atoms with Crippen LogP contribution >= 0.6 is 0 Å². The second-order valence-corrected chi connectivity index (χ2v) is 4.24. The average Bonchev–Trinajstić information content (AvgIpc) is 2.96. The van der Waals surface area contributed by atoms with Crippen LogP contribution in [0.4, 0.5) is 0 Å². The maximum absolute atomic E-state index is 11.7. The van der Waals surface area contributed by atoms with Gasteiger partial charge in [0.25, 0.3) is 0 Å². The summed E-state index contributed by atoms with van der Waals surface area (Å²) < 4.78 is 4.85. The lowest BCUT2D eigenvalue weighted by molar-refractivity contribution is -0.141. The predicted molar refractivity (Wildman–Crippen MR) is 56.8 cm³/mol. The molecule has 1 amide bonds. The Labute approximate surface area is 98.0 Å². The van der Waals surface area contributed by atoms with Crippen LogP contribution in [-0.4, -0.2) is 22.1 Å². The topological polar surface area (TPSA) is 92.4 Å². The summed E-state index contributed by atoms with van der Waals surface area (Å²) in [5.41, 5.74) is 0. The highest BCUT2D eigenvalue weighted by molar-refractivity contribution is 5.80. The molecule has 1 fully saturated rings. The lowest BCUT2D eigenvalue weighted by atomic mass is 10.0. The molecule has 1 aromatic heterocycles. The number of nitrogens with zero attached hydrogens (tertiary/aromatic N) is 1. The molecule has 0 unspecified atom stereocenters. The van der Waals surface area contributed by atoms with Gasteiger partial charge in [-0.25, -0.2) is 0 Å². The Hall–Kier alpha value is -1.85. The lowest BCUT2D eigenvalue weighted by Crippen LogP contribution is -2.29. The fraction of sp³-hybridized carbons (Fsp3) is 0.545. The molecule has 0 aliphatic heterocycles. The summed E-state index contributed by atoms with van der Waals surface area (Å²) in [7, 11) is 0. The van der Waals surface area contributed by atoms with Crippen molar-refractivity contribution in [2.75, 3.05) is 0 Å². The van der Waals surface area contributed by atoms with Crippen LogP contribution in [0.1, 0.15) is 25.0 Å². The zero-order valence-corrected chi connectivity index (χ0v) is 9.26. The monoisotopic (exact) mass is 238 g/mol. The van der Waals surface area contributed by atoms with Gasteiger partial charge in [-0.15, -0.1) is 0 Å². The Kier molecular flexibility index (Phi) is 3.41. The van der Waals surface area contributed by atoms with Crippen molar-refractivity contribution in [3.63, 3.8) is 0 Å². The smallest absolute Gasteiger partial charge is 0.306 e. The summed E-state index contributed by atoms with van der Waals surface area (Å²) in [5.74, 6) is -0.901. The summed E-state index contributed by atoms with van der Waals surface area (Å²) in [5, 5.41) is 15.1. The minimum atomic E-state index is -0.810. The van der Waals surface area contributed by atoms with Gasteiger partial charge in [0.15, 0.2) is 5.76 Å². The van der Waals surface area contributed by atoms with E-state index in [9.17, 15) is 9.59 Å². The third-order valence-electron chi connectivity index (χ3n) is 3.08. The molecule has 1 heterocycles. The summed E-state index contributed by atoms with van der Waals surface area (Å²) in [4.78, 5) is 22.5. The fourth-order valence-electron chi connectivity index (χ4n) is 2.10. The van der Waals surface area contributed by atoms with Crippen LogP contribution in [0.2, 0.25) is 0 Å². The SMILES string of the molecule is O=C(O)[C@H]1CC[C@@H](C(=O)NCc2ccno2)C1. The number of hydrogen-bond donors (Lipinski definition) is 2. The number of aromatic nitrogens is 1. The molecule has 92 valence electrons. The summed E-state index contributed by atoms with van der Waals surface area (Å²) in [6.45, 7) is 0.299. The first-order chi connectivity index (χ1) is 8.16. The highest BCUT2D eigenvalue weighted by atomic mass is 16.5. The zero-order chi connectivity index (χ0) is 12.3. The number of hydrogen-bond acceptors (Lipinski definition) is 4. The molecule has 0 aromatic carbocycles. The molecule has 6 nitrogen and oxygen atoms in total. The van der Waals surface area contributed by atoms with Crippen LogP contribution in [0.15, 0.2) is 16.8 Å². The van der Waals surface area contributed by atoms with Crippen molar-refractivity contribution in [1.29, 1.82) is 0 Å². The molecule has 0 spiro atoms. The Morgan fingerprint density at radius 2 is 2.24 bits per heavy atom. The number of aliphatic carboxylic acids is 1. The first-order valence-corrected chi connectivity index (χ1v) is 5.57. The number of carbonyl (C=O) groups is 2. The van der Waals surface area contributed by atoms with E-state index in [4.69, 9.17) is 9.63 Å². The zero-order valence-electron chi connectivity index (χ0n) is 9.26. The highest BCUT2D eigenvalue weighted by Gasteiger charge is 2.33. The maximum Gasteiger partial charge on any atom is 0.306 e. The first-order valence-electron chi connectivity index (χ1n) is 5.57. The van der Waals surface area contributed by atoms with Crippen LogP contribution < -0.4 is 5.32 Å². The molecule has 0 saturated heterocycles. The number of rotatable bonds is 4. The van der Waals surface area contributed by atoms with Gasteiger partial charge in [-0.1, -0.05) is 5.16 Å². The van der Waals surface area contributed by atoms with Gasteiger partial charge in [-0.05, 0) is 19.3 Å². The van der Waals surface area contributed by atoms with E-state index in [0.717, 1.165) is 0 Å². The standard InChI is InChI=1S/C11H14N2O4/c14-10(12-6-9-3-4-13-17-9)7-1-2-8(5-7)11(15)16/h3-4,7-8H,1-2,5-6H2,(H,12,14)(H,15,16)/t7-,8+/m1/s1. The van der Waals surface area contributed by atoms with E-state index in [-0.39, 0.29) is 17.7 Å². The van der Waals surface area contributed by atoms with E-state index < -0.39 is 5.97 Å². The van der Waals surface area contributed by atoms with Gasteiger partial charge < -0.3 is 14.9 Å². The minimum Gasteiger partial charge on any atom is -0.481 e. The summed E-state index contributed by atoms with van der Waals surface area (Å²) >= 11 is 0. The molecule has 1 saturated carbocycles. The van der Waals surface area contributed by atoms with Gasteiger partial charge in [0.2, 0.25) is 5.91 Å². The molecule has 1 aliphatic carbocycles. The van der Waals surface area contributed by atoms with Gasteiger partial charge in [0, 0.05) is 12.0 Å². The van der Waals surface area contributed by atoms with Crippen molar-refractivity contribution >= 4 is 11.9 Å². The Morgan fingerprint density at radius 1 is 1.47 bits per heavy atom. The Balaban J connectivity index is 1.79. The summed E-state index contributed by atoms with van der Waals surface area (Å²) in [6.07, 6.45) is 3.16. The van der Waals surface area contributed by atoms with Gasteiger partial charge in [0.05, 0.1) is 18.7 Å². The molecule has 2 atom stereocenters. The average molecular weight is 238 g/mol. The molecule has 0 bridgehead atoms. The van der Waals surface area contributed by atoms with Crippen molar-refractivity contribution in [3.8, 4) is 0 Å². The van der Waals surface area contributed by atoms with Crippen LogP contribution in [0.25, 0.3) is 0 Å². The molecular weight excluding hydrogens is 224 g/mol. The lowest BCUT2D eigenvalue weighted by Gasteiger charge is -2.09. The Bertz CT molecular complexity index is 402. The second kappa shape index (κ2) is 4.99. The van der Waals surface area contributed by atoms with E-state index in [1.54, 1.807) is 6.07 Å². The van der Waals surface area contributed by atoms with Crippen molar-refractivity contribution < 1.29 is 19.2 Å². The molecular formula is C11H14N2O4. The second-order valence-electron chi connectivity index (χ2n) is 4.24. The van der Waals surface area contributed by atoms with Crippen LogP contribution in [0.5, 0.6) is 0 Å². The number of amides is 1. The number of carboxylic acid groups (broad SMARTS) is 1. The van der Waals surface area contributed by atoms with Gasteiger partial charge in [-0.2, -0.15) is 0 Å². The van der Waals surface area contributed by atoms with E-state index in [1.165, 1.54) is 6.20 Å². The van der Waals surface area contributed by atoms with Gasteiger partial charge >= 0.3 is 5.97 Å². The van der Waals surface area contributed by atoms with Crippen LogP contribution in [-0.2, 0) is 16.1 Å². The molecule has 17 heavy (non-hydrogen) atoms. The predicted octanol–water partition coefficient (Wildman–Crippen LogP) is 0.792. The van der Waals surface area contributed by atoms with Crippen LogP contribution in [0.3, 0.4) is 0 Å². The van der Waals surface area contributed by atoms with Crippen molar-refractivity contribution in [3.05, 3.63) is 18.0 Å². The number of carbonyl (C=O) groups excluding carboxylic acids is 1. The van der Waals surface area contributed by atoms with E-state index >= 15 is 0 Å². The van der Waals surface area contributed by atoms with Crippen molar-refractivity contribution in [2.24, 2.45) is 11.8 Å². The van der Waals surface area contributed by atoms with Crippen molar-refractivity contribution in [1.82, 2.24) is 10.5 Å². The van der Waals surface area contributed by atoms with E-state index in [0.29, 0.717) is 31.6 Å². The molecule has 6 heteroatoms. The van der Waals surface area contributed by atoms with Crippen LogP contribution in [0, 0.1) is 11.8 Å². The molecule has 0 radical (unpaired) electrons. The van der Waals surface area contributed by atoms with E-state index in [2.05, 4.69) is 10.5 Å². The normalized spacial score (nSPS) is 23.5. The van der Waals surface area contributed by atoms with Crippen molar-refractivity contribution in [2.45, 2.75) is 25.8 Å². The third-order valence-corrected chi connectivity index (χ3v) is 3.08. The minimum absolute atomic E-state index is 0.106. The molecule has 1 aromatic rings. The van der Waals surface area contributed by atoms with Gasteiger partial charge in [-0.3, -0.25) is 9.59 Å². The largest absolute Gasteiger partial charge is 0.481 e. The molecule has 1 aliphatic rings. The van der Waals surface area contributed by atoms with E-state index in [1.807, 2.05) is 0 Å². The first kappa shape index (κ1) is 11.6. The van der Waals surface area contributed by atoms with Gasteiger partial charge in [0.1, 0.15) is 0 Å². The third kappa shape index (κ3) is 2.83. The fourth-order valence-corrected chi connectivity index (χ4v) is 2.10. The quantitative estimate of drug-likeness (QED) is 0.809. The number of carboxylic acids is 1. The molecule has 2 N–H and O–H groups in total. The highest BCUT2D eigenvalue weighted by Crippen LogP contribution is 2.31. The summed E-state index contributed by atoms with van der Waals surface area (Å²) in [6, 6.07) is 1.68. The maximum atomic E-state index is 11.7. The Morgan fingerprint density at radius 3 is 2.82 bits per heavy atom. The molecule has 2 rings (SSSR count). The number of nitrogens with one attached hydrogen (secondary N) is 1.